The molecule has 0 aliphatic heterocycles. The average molecular weight is 418 g/mol. The molecule has 1 N–H and O–H groups in total. The molecule has 0 fully saturated rings. The molecule has 6 nitrogen and oxygen atoms in total. The standard InChI is InChI=1S/C20H20F2N4O2S/c1-3-26-19(13-5-8-15(9-6-13)28-4-2)24-25-20(26)29-12-18(27)23-17-10-7-14(21)11-16(17)22/h5-11H,3-4,12H2,1-2H3,(H,23,27). The Balaban J connectivity index is 1.67. The Morgan fingerprint density at radius 1 is 1.14 bits per heavy atom. The Kier molecular flexibility index (Phi) is 6.82. The summed E-state index contributed by atoms with van der Waals surface area (Å²) in [5.74, 6) is -0.473. The Morgan fingerprint density at radius 2 is 1.90 bits per heavy atom. The van der Waals surface area contributed by atoms with Crippen LogP contribution in [0.15, 0.2) is 47.6 Å². The molecule has 0 aliphatic rings. The minimum Gasteiger partial charge on any atom is -0.494 e. The molecule has 29 heavy (non-hydrogen) atoms. The molecule has 0 bridgehead atoms. The largest absolute Gasteiger partial charge is 0.494 e. The van der Waals surface area contributed by atoms with Crippen molar-refractivity contribution in [1.29, 1.82) is 0 Å². The highest BCUT2D eigenvalue weighted by Crippen LogP contribution is 2.26. The van der Waals surface area contributed by atoms with Crippen LogP contribution in [0.1, 0.15) is 13.8 Å². The zero-order valence-electron chi connectivity index (χ0n) is 16.0. The second-order valence-corrected chi connectivity index (χ2v) is 6.91. The van der Waals surface area contributed by atoms with Crippen molar-refractivity contribution in [2.75, 3.05) is 17.7 Å². The first kappa shape index (κ1) is 20.8. The van der Waals surface area contributed by atoms with Crippen LogP contribution >= 0.6 is 11.8 Å². The number of carbonyl (C=O) groups is 1. The fraction of sp³-hybridized carbons (Fsp3) is 0.250. The van der Waals surface area contributed by atoms with Crippen molar-refractivity contribution in [3.63, 3.8) is 0 Å². The maximum Gasteiger partial charge on any atom is 0.234 e. The molecular formula is C20H20F2N4O2S. The van der Waals surface area contributed by atoms with Crippen molar-refractivity contribution in [3.8, 4) is 17.1 Å². The summed E-state index contributed by atoms with van der Waals surface area (Å²) in [4.78, 5) is 12.1. The lowest BCUT2D eigenvalue weighted by molar-refractivity contribution is -0.113. The van der Waals surface area contributed by atoms with Crippen molar-refractivity contribution in [2.45, 2.75) is 25.5 Å². The number of thioether (sulfide) groups is 1. The average Bonchev–Trinajstić information content (AvgIpc) is 3.12. The van der Waals surface area contributed by atoms with Crippen LogP contribution in [0.2, 0.25) is 0 Å². The van der Waals surface area contributed by atoms with Gasteiger partial charge in [-0.2, -0.15) is 0 Å². The van der Waals surface area contributed by atoms with E-state index in [-0.39, 0.29) is 11.4 Å². The van der Waals surface area contributed by atoms with E-state index in [2.05, 4.69) is 15.5 Å². The molecule has 9 heteroatoms. The monoisotopic (exact) mass is 418 g/mol. The van der Waals surface area contributed by atoms with Crippen LogP contribution in [0, 0.1) is 11.6 Å². The van der Waals surface area contributed by atoms with Gasteiger partial charge in [-0.15, -0.1) is 10.2 Å². The number of nitrogens with one attached hydrogen (secondary N) is 1. The van der Waals surface area contributed by atoms with Gasteiger partial charge in [0, 0.05) is 18.2 Å². The summed E-state index contributed by atoms with van der Waals surface area (Å²) in [5, 5.41) is 11.4. The number of aromatic nitrogens is 3. The number of benzene rings is 2. The number of halogens is 2. The van der Waals surface area contributed by atoms with Gasteiger partial charge >= 0.3 is 0 Å². The van der Waals surface area contributed by atoms with E-state index >= 15 is 0 Å². The topological polar surface area (TPSA) is 69.0 Å². The third-order valence-electron chi connectivity index (χ3n) is 3.99. The molecule has 0 saturated heterocycles. The summed E-state index contributed by atoms with van der Waals surface area (Å²) in [5.41, 5.74) is 0.816. The van der Waals surface area contributed by atoms with Gasteiger partial charge in [-0.25, -0.2) is 8.78 Å². The van der Waals surface area contributed by atoms with Crippen molar-refractivity contribution in [1.82, 2.24) is 14.8 Å². The number of amides is 1. The molecule has 0 radical (unpaired) electrons. The van der Waals surface area contributed by atoms with Crippen LogP contribution in [0.3, 0.4) is 0 Å². The predicted molar refractivity (Wildman–Crippen MR) is 108 cm³/mol. The summed E-state index contributed by atoms with van der Waals surface area (Å²) < 4.78 is 34.0. The van der Waals surface area contributed by atoms with Gasteiger partial charge in [0.2, 0.25) is 5.91 Å². The highest BCUT2D eigenvalue weighted by molar-refractivity contribution is 7.99. The normalized spacial score (nSPS) is 10.8. The number of nitrogens with zero attached hydrogens (tertiary/aromatic N) is 3. The van der Waals surface area contributed by atoms with E-state index in [0.29, 0.717) is 24.1 Å². The third-order valence-corrected chi connectivity index (χ3v) is 4.96. The van der Waals surface area contributed by atoms with E-state index in [4.69, 9.17) is 4.74 Å². The molecule has 0 spiro atoms. The molecule has 0 unspecified atom stereocenters. The summed E-state index contributed by atoms with van der Waals surface area (Å²) in [6.07, 6.45) is 0. The number of rotatable bonds is 8. The maximum absolute atomic E-state index is 13.7. The van der Waals surface area contributed by atoms with Gasteiger partial charge in [-0.3, -0.25) is 4.79 Å². The second-order valence-electron chi connectivity index (χ2n) is 5.97. The summed E-state index contributed by atoms with van der Waals surface area (Å²) >= 11 is 1.19. The van der Waals surface area contributed by atoms with Gasteiger partial charge in [0.1, 0.15) is 17.4 Å². The number of hydrogen-bond donors (Lipinski definition) is 1. The Bertz CT molecular complexity index is 993. The molecular weight excluding hydrogens is 398 g/mol. The van der Waals surface area contributed by atoms with E-state index in [9.17, 15) is 13.6 Å². The van der Waals surface area contributed by atoms with Gasteiger partial charge in [0.25, 0.3) is 0 Å². The number of ether oxygens (including phenoxy) is 1. The van der Waals surface area contributed by atoms with Gasteiger partial charge in [-0.1, -0.05) is 11.8 Å². The SMILES string of the molecule is CCOc1ccc(-c2nnc(SCC(=O)Nc3ccc(F)cc3F)n2CC)cc1. The predicted octanol–water partition coefficient (Wildman–Crippen LogP) is 4.37. The minimum atomic E-state index is -0.821. The van der Waals surface area contributed by atoms with Crippen LogP contribution in [0.4, 0.5) is 14.5 Å². The van der Waals surface area contributed by atoms with Gasteiger partial charge in [0.15, 0.2) is 11.0 Å². The van der Waals surface area contributed by atoms with Gasteiger partial charge in [0.05, 0.1) is 18.0 Å². The third kappa shape index (κ3) is 5.11. The van der Waals surface area contributed by atoms with Crippen molar-refractivity contribution in [2.24, 2.45) is 0 Å². The molecule has 1 amide bonds. The van der Waals surface area contributed by atoms with Crippen molar-refractivity contribution in [3.05, 3.63) is 54.1 Å². The number of hydrogen-bond acceptors (Lipinski definition) is 5. The maximum atomic E-state index is 13.7. The molecule has 1 aromatic heterocycles. The van der Waals surface area contributed by atoms with E-state index in [1.165, 1.54) is 17.8 Å². The van der Waals surface area contributed by atoms with Crippen molar-refractivity contribution < 1.29 is 18.3 Å². The molecule has 3 aromatic rings. The Hall–Kier alpha value is -2.94. The zero-order chi connectivity index (χ0) is 20.8. The quantitative estimate of drug-likeness (QED) is 0.550. The number of anilines is 1. The first-order valence-electron chi connectivity index (χ1n) is 9.06. The van der Waals surface area contributed by atoms with Gasteiger partial charge in [-0.05, 0) is 50.2 Å². The van der Waals surface area contributed by atoms with Crippen LogP contribution in [0.5, 0.6) is 5.75 Å². The first-order valence-corrected chi connectivity index (χ1v) is 10.0. The van der Waals surface area contributed by atoms with E-state index in [1.807, 2.05) is 42.7 Å². The fourth-order valence-electron chi connectivity index (χ4n) is 2.67. The van der Waals surface area contributed by atoms with Crippen LogP contribution in [-0.2, 0) is 11.3 Å². The van der Waals surface area contributed by atoms with E-state index in [1.54, 1.807) is 0 Å². The van der Waals surface area contributed by atoms with Crippen LogP contribution < -0.4 is 10.1 Å². The molecule has 0 aliphatic carbocycles. The highest BCUT2D eigenvalue weighted by Gasteiger charge is 2.15. The zero-order valence-corrected chi connectivity index (χ0v) is 16.8. The Morgan fingerprint density at radius 3 is 2.55 bits per heavy atom. The lowest BCUT2D eigenvalue weighted by atomic mass is 10.2. The van der Waals surface area contributed by atoms with E-state index in [0.717, 1.165) is 23.4 Å². The first-order chi connectivity index (χ1) is 14.0. The lowest BCUT2D eigenvalue weighted by Gasteiger charge is -2.09. The summed E-state index contributed by atoms with van der Waals surface area (Å²) in [6, 6.07) is 10.5. The van der Waals surface area contributed by atoms with Crippen molar-refractivity contribution >= 4 is 23.4 Å². The van der Waals surface area contributed by atoms with Gasteiger partial charge < -0.3 is 14.6 Å². The van der Waals surface area contributed by atoms with E-state index < -0.39 is 17.5 Å². The number of carbonyl (C=O) groups excluding carboxylic acids is 1. The molecule has 3 rings (SSSR count). The lowest BCUT2D eigenvalue weighted by Crippen LogP contribution is -2.15. The second kappa shape index (κ2) is 9.51. The Labute approximate surface area is 171 Å². The molecule has 152 valence electrons. The summed E-state index contributed by atoms with van der Waals surface area (Å²) in [7, 11) is 0. The molecule has 2 aromatic carbocycles. The fourth-order valence-corrected chi connectivity index (χ4v) is 3.47. The van der Waals surface area contributed by atoms with Crippen LogP contribution in [0.25, 0.3) is 11.4 Å². The molecule has 0 saturated carbocycles. The van der Waals surface area contributed by atoms with Crippen LogP contribution in [-0.4, -0.2) is 33.0 Å². The molecule has 0 atom stereocenters. The minimum absolute atomic E-state index is 0.0121. The summed E-state index contributed by atoms with van der Waals surface area (Å²) in [6.45, 7) is 5.09. The highest BCUT2D eigenvalue weighted by atomic mass is 32.2. The smallest absolute Gasteiger partial charge is 0.234 e. The molecule has 1 heterocycles.